The van der Waals surface area contributed by atoms with E-state index in [4.69, 9.17) is 4.52 Å². The summed E-state index contributed by atoms with van der Waals surface area (Å²) < 4.78 is 45.6. The number of hydrogen-bond acceptors (Lipinski definition) is 4. The number of halogens is 1. The first-order valence-electron chi connectivity index (χ1n) is 7.18. The quantitative estimate of drug-likeness (QED) is 0.916. The molecule has 1 aromatic carbocycles. The van der Waals surface area contributed by atoms with E-state index in [2.05, 4.69) is 9.88 Å². The first-order valence-corrected chi connectivity index (χ1v) is 8.67. The van der Waals surface area contributed by atoms with Crippen molar-refractivity contribution >= 4 is 15.8 Å². The molecule has 0 aliphatic heterocycles. The van der Waals surface area contributed by atoms with E-state index in [-0.39, 0.29) is 10.7 Å². The van der Waals surface area contributed by atoms with Crippen molar-refractivity contribution in [2.24, 2.45) is 5.92 Å². The molecule has 1 aromatic heterocycles. The van der Waals surface area contributed by atoms with Crippen LogP contribution in [0.25, 0.3) is 0 Å². The van der Waals surface area contributed by atoms with E-state index < -0.39 is 15.8 Å². The number of aromatic nitrogens is 1. The molecular weight excluding hydrogens is 307 g/mol. The largest absolute Gasteiger partial charge is 0.360 e. The fourth-order valence-corrected chi connectivity index (χ4v) is 3.57. The van der Waals surface area contributed by atoms with E-state index in [9.17, 15) is 12.8 Å². The Bertz CT molecular complexity index is 782. The van der Waals surface area contributed by atoms with Crippen LogP contribution in [-0.4, -0.2) is 13.6 Å². The molecule has 1 aliphatic rings. The normalized spacial score (nSPS) is 15.5. The number of hydrogen-bond donors (Lipinski definition) is 1. The van der Waals surface area contributed by atoms with Crippen molar-refractivity contribution in [3.05, 3.63) is 41.4 Å². The lowest BCUT2D eigenvalue weighted by Crippen LogP contribution is -2.16. The number of nitrogens with zero attached hydrogens (tertiary/aromatic N) is 1. The maximum Gasteiger partial charge on any atom is 0.266 e. The molecule has 1 N–H and O–H groups in total. The molecule has 7 heteroatoms. The summed E-state index contributed by atoms with van der Waals surface area (Å²) in [5.74, 6) is 0.354. The molecule has 1 fully saturated rings. The fraction of sp³-hybridized carbons (Fsp3) is 0.400. The molecule has 22 heavy (non-hydrogen) atoms. The van der Waals surface area contributed by atoms with E-state index in [0.717, 1.165) is 24.8 Å². The van der Waals surface area contributed by atoms with Gasteiger partial charge in [0.25, 0.3) is 10.0 Å². The number of rotatable bonds is 5. The maximum atomic E-state index is 14.2. The van der Waals surface area contributed by atoms with Gasteiger partial charge in [-0.15, -0.1) is 0 Å². The topological polar surface area (TPSA) is 72.2 Å². The Morgan fingerprint density at radius 3 is 2.68 bits per heavy atom. The van der Waals surface area contributed by atoms with Crippen LogP contribution < -0.4 is 4.72 Å². The van der Waals surface area contributed by atoms with Crippen molar-refractivity contribution < 1.29 is 17.3 Å². The van der Waals surface area contributed by atoms with E-state index >= 15 is 0 Å². The molecule has 1 heterocycles. The summed E-state index contributed by atoms with van der Waals surface area (Å²) in [6.45, 7) is 1.64. The average Bonchev–Trinajstić information content (AvgIpc) is 2.78. The Labute approximate surface area is 128 Å². The maximum absolute atomic E-state index is 14.2. The molecule has 0 saturated heterocycles. The molecular formula is C15H17FN2O3S. The second kappa shape index (κ2) is 5.72. The molecule has 0 amide bonds. The zero-order valence-electron chi connectivity index (χ0n) is 12.2. The molecule has 0 unspecified atom stereocenters. The van der Waals surface area contributed by atoms with Gasteiger partial charge in [-0.05, 0) is 37.0 Å². The molecule has 5 nitrogen and oxygen atoms in total. The van der Waals surface area contributed by atoms with Crippen LogP contribution in [-0.2, 0) is 16.4 Å². The Kier molecular flexibility index (Phi) is 3.90. The second-order valence-corrected chi connectivity index (χ2v) is 7.34. The lowest BCUT2D eigenvalue weighted by atomic mass is 9.81. The van der Waals surface area contributed by atoms with Crippen molar-refractivity contribution in [3.8, 4) is 0 Å². The van der Waals surface area contributed by atoms with Gasteiger partial charge in [0.2, 0.25) is 0 Å². The van der Waals surface area contributed by atoms with Crippen LogP contribution in [0.4, 0.5) is 10.2 Å². The monoisotopic (exact) mass is 324 g/mol. The van der Waals surface area contributed by atoms with E-state index in [1.165, 1.54) is 24.6 Å². The highest BCUT2D eigenvalue weighted by atomic mass is 32.2. The van der Waals surface area contributed by atoms with E-state index in [0.29, 0.717) is 11.7 Å². The van der Waals surface area contributed by atoms with Gasteiger partial charge in [0.05, 0.1) is 0 Å². The third-order valence-electron chi connectivity index (χ3n) is 3.90. The van der Waals surface area contributed by atoms with Crippen LogP contribution in [0.3, 0.4) is 0 Å². The first-order chi connectivity index (χ1) is 10.4. The smallest absolute Gasteiger partial charge is 0.266 e. The number of nitrogens with one attached hydrogen (secondary N) is 1. The third-order valence-corrected chi connectivity index (χ3v) is 5.29. The van der Waals surface area contributed by atoms with Crippen LogP contribution in [0, 0.1) is 18.7 Å². The highest BCUT2D eigenvalue weighted by Gasteiger charge is 2.22. The lowest BCUT2D eigenvalue weighted by molar-refractivity contribution is 0.314. The second-order valence-electron chi connectivity index (χ2n) is 5.69. The summed E-state index contributed by atoms with van der Waals surface area (Å²) in [6.07, 6.45) is 4.34. The summed E-state index contributed by atoms with van der Waals surface area (Å²) >= 11 is 0. The Morgan fingerprint density at radius 2 is 2.14 bits per heavy atom. The van der Waals surface area contributed by atoms with Crippen molar-refractivity contribution in [2.75, 3.05) is 4.72 Å². The average molecular weight is 324 g/mol. The zero-order chi connectivity index (χ0) is 15.7. The minimum atomic E-state index is -4.01. The van der Waals surface area contributed by atoms with Gasteiger partial charge < -0.3 is 4.52 Å². The van der Waals surface area contributed by atoms with Crippen LogP contribution >= 0.6 is 0 Å². The van der Waals surface area contributed by atoms with Crippen molar-refractivity contribution in [2.45, 2.75) is 37.5 Å². The van der Waals surface area contributed by atoms with Gasteiger partial charge in [-0.2, -0.15) is 0 Å². The first kappa shape index (κ1) is 15.0. The molecule has 1 aliphatic carbocycles. The minimum absolute atomic E-state index is 0.0374. The van der Waals surface area contributed by atoms with Crippen LogP contribution in [0.15, 0.2) is 33.7 Å². The molecule has 1 saturated carbocycles. The summed E-state index contributed by atoms with van der Waals surface area (Å²) in [5, 5.41) is 3.54. The van der Waals surface area contributed by atoms with Crippen LogP contribution in [0.5, 0.6) is 0 Å². The molecule has 3 rings (SSSR count). The van der Waals surface area contributed by atoms with E-state index in [1.54, 1.807) is 13.0 Å². The lowest BCUT2D eigenvalue weighted by Gasteiger charge is -2.25. The number of aryl methyl sites for hydroxylation is 1. The molecule has 0 bridgehead atoms. The van der Waals surface area contributed by atoms with Gasteiger partial charge in [0.1, 0.15) is 16.5 Å². The van der Waals surface area contributed by atoms with Gasteiger partial charge in [0.15, 0.2) is 5.82 Å². The van der Waals surface area contributed by atoms with Crippen molar-refractivity contribution in [1.82, 2.24) is 5.16 Å². The standard InChI is InChI=1S/C15H17FN2O3S/c1-10-7-15(17-21-10)18-22(19,20)14-6-5-12(9-13(14)16)8-11-3-2-4-11/h5-7,9,11H,2-4,8H2,1H3,(H,17,18). The predicted molar refractivity (Wildman–Crippen MR) is 79.5 cm³/mol. The summed E-state index contributed by atoms with van der Waals surface area (Å²) in [6, 6.07) is 5.71. The number of anilines is 1. The molecule has 2 aromatic rings. The number of sulfonamides is 1. The SMILES string of the molecule is Cc1cc(NS(=O)(=O)c2ccc(CC3CCC3)cc2F)no1. The summed E-state index contributed by atoms with van der Waals surface area (Å²) in [4.78, 5) is -0.384. The Morgan fingerprint density at radius 1 is 1.36 bits per heavy atom. The Hall–Kier alpha value is -1.89. The van der Waals surface area contributed by atoms with Crippen molar-refractivity contribution in [1.29, 1.82) is 0 Å². The van der Waals surface area contributed by atoms with Gasteiger partial charge in [-0.25, -0.2) is 12.8 Å². The zero-order valence-corrected chi connectivity index (χ0v) is 13.0. The minimum Gasteiger partial charge on any atom is -0.360 e. The highest BCUT2D eigenvalue weighted by molar-refractivity contribution is 7.92. The Balaban J connectivity index is 1.80. The predicted octanol–water partition coefficient (Wildman–Crippen LogP) is 3.27. The van der Waals surface area contributed by atoms with Gasteiger partial charge in [-0.3, -0.25) is 4.72 Å². The number of benzene rings is 1. The molecule has 0 atom stereocenters. The van der Waals surface area contributed by atoms with Crippen LogP contribution in [0.1, 0.15) is 30.6 Å². The van der Waals surface area contributed by atoms with Gasteiger partial charge in [0, 0.05) is 6.07 Å². The molecule has 0 spiro atoms. The van der Waals surface area contributed by atoms with Crippen molar-refractivity contribution in [3.63, 3.8) is 0 Å². The fourth-order valence-electron chi connectivity index (χ4n) is 2.53. The van der Waals surface area contributed by atoms with Gasteiger partial charge >= 0.3 is 0 Å². The van der Waals surface area contributed by atoms with Crippen LogP contribution in [0.2, 0.25) is 0 Å². The molecule has 0 radical (unpaired) electrons. The van der Waals surface area contributed by atoms with E-state index in [1.807, 2.05) is 0 Å². The molecule has 118 valence electrons. The summed E-state index contributed by atoms with van der Waals surface area (Å²) in [5.41, 5.74) is 0.832. The summed E-state index contributed by atoms with van der Waals surface area (Å²) in [7, 11) is -4.01. The highest BCUT2D eigenvalue weighted by Crippen LogP contribution is 2.30. The van der Waals surface area contributed by atoms with Gasteiger partial charge in [-0.1, -0.05) is 30.5 Å². The third kappa shape index (κ3) is 3.14.